The molecule has 5 heteroatoms. The zero-order chi connectivity index (χ0) is 18.9. The molecule has 140 valence electrons. The zero-order valence-corrected chi connectivity index (χ0v) is 15.4. The molecule has 1 N–H and O–H groups in total. The van der Waals surface area contributed by atoms with Crippen LogP contribution in [0.25, 0.3) is 22.6 Å². The van der Waals surface area contributed by atoms with Crippen LogP contribution in [0.3, 0.4) is 0 Å². The predicted molar refractivity (Wildman–Crippen MR) is 109 cm³/mol. The molecule has 5 rings (SSSR count). The lowest BCUT2D eigenvalue weighted by atomic mass is 9.99. The first-order valence-electron chi connectivity index (χ1n) is 9.40. The van der Waals surface area contributed by atoms with Crippen LogP contribution >= 0.6 is 0 Å². The Kier molecular flexibility index (Phi) is 4.13. The summed E-state index contributed by atoms with van der Waals surface area (Å²) in [4.78, 5) is 17.7. The van der Waals surface area contributed by atoms with Gasteiger partial charge in [-0.1, -0.05) is 30.3 Å². The van der Waals surface area contributed by atoms with Crippen molar-refractivity contribution in [2.75, 3.05) is 19.9 Å². The van der Waals surface area contributed by atoms with Crippen molar-refractivity contribution in [2.24, 2.45) is 0 Å². The van der Waals surface area contributed by atoms with Crippen molar-refractivity contribution in [3.05, 3.63) is 71.9 Å². The van der Waals surface area contributed by atoms with Crippen LogP contribution in [0, 0.1) is 0 Å². The van der Waals surface area contributed by atoms with Crippen LogP contribution in [0.2, 0.25) is 0 Å². The first-order valence-corrected chi connectivity index (χ1v) is 9.40. The van der Waals surface area contributed by atoms with E-state index < -0.39 is 0 Å². The molecular weight excluding hydrogens is 352 g/mol. The lowest BCUT2D eigenvalue weighted by Gasteiger charge is -2.25. The minimum Gasteiger partial charge on any atom is -0.454 e. The monoisotopic (exact) mass is 372 g/mol. The molecule has 0 unspecified atom stereocenters. The van der Waals surface area contributed by atoms with Crippen LogP contribution in [-0.4, -0.2) is 35.7 Å². The number of nitrogens with one attached hydrogen (secondary N) is 1. The molecule has 2 aliphatic rings. The lowest BCUT2D eigenvalue weighted by Crippen LogP contribution is -2.33. The lowest BCUT2D eigenvalue weighted by molar-refractivity contribution is -0.125. The number of rotatable bonds is 3. The molecule has 0 bridgehead atoms. The van der Waals surface area contributed by atoms with E-state index in [1.165, 1.54) is 16.5 Å². The molecule has 0 saturated heterocycles. The number of nitrogens with zero attached hydrogens (tertiary/aromatic N) is 1. The number of H-pyrrole nitrogens is 1. The van der Waals surface area contributed by atoms with Crippen LogP contribution in [0.1, 0.15) is 17.5 Å². The van der Waals surface area contributed by atoms with Gasteiger partial charge in [0.25, 0.3) is 0 Å². The van der Waals surface area contributed by atoms with Crippen LogP contribution in [0.5, 0.6) is 11.5 Å². The van der Waals surface area contributed by atoms with Gasteiger partial charge in [-0.3, -0.25) is 4.79 Å². The molecule has 1 aromatic heterocycles. The largest absolute Gasteiger partial charge is 0.454 e. The highest BCUT2D eigenvalue weighted by molar-refractivity contribution is 5.95. The summed E-state index contributed by atoms with van der Waals surface area (Å²) in [7, 11) is 0. The molecule has 28 heavy (non-hydrogen) atoms. The van der Waals surface area contributed by atoms with E-state index in [0.717, 1.165) is 35.5 Å². The van der Waals surface area contributed by atoms with Gasteiger partial charge in [-0.05, 0) is 41.8 Å². The standard InChI is InChI=1S/C23H20N2O3/c26-23(8-6-16-5-7-21-22(13-16)28-15-27-21)25-11-9-17(10-12-25)19-14-24-20-4-2-1-3-18(19)20/h1-9,13-14,24H,10-12,15H2/b8-6+. The summed E-state index contributed by atoms with van der Waals surface area (Å²) < 4.78 is 10.7. The summed E-state index contributed by atoms with van der Waals surface area (Å²) in [5, 5.41) is 1.23. The van der Waals surface area contributed by atoms with Gasteiger partial charge in [0.05, 0.1) is 0 Å². The molecule has 3 heterocycles. The van der Waals surface area contributed by atoms with E-state index in [1.807, 2.05) is 35.2 Å². The first kappa shape index (κ1) is 16.7. The molecule has 0 fully saturated rings. The van der Waals surface area contributed by atoms with Gasteiger partial charge in [0, 0.05) is 41.8 Å². The Morgan fingerprint density at radius 1 is 1.11 bits per heavy atom. The maximum atomic E-state index is 12.6. The van der Waals surface area contributed by atoms with Gasteiger partial charge >= 0.3 is 0 Å². The van der Waals surface area contributed by atoms with Gasteiger partial charge in [-0.2, -0.15) is 0 Å². The van der Waals surface area contributed by atoms with Gasteiger partial charge in [-0.15, -0.1) is 0 Å². The predicted octanol–water partition coefficient (Wildman–Crippen LogP) is 4.23. The van der Waals surface area contributed by atoms with Gasteiger partial charge in [0.15, 0.2) is 11.5 Å². The number of hydrogen-bond donors (Lipinski definition) is 1. The topological polar surface area (TPSA) is 54.6 Å². The Morgan fingerprint density at radius 3 is 2.89 bits per heavy atom. The summed E-state index contributed by atoms with van der Waals surface area (Å²) in [6.45, 7) is 1.59. The van der Waals surface area contributed by atoms with Crippen molar-refractivity contribution in [3.63, 3.8) is 0 Å². The fraction of sp³-hybridized carbons (Fsp3) is 0.174. The van der Waals surface area contributed by atoms with Crippen LogP contribution < -0.4 is 9.47 Å². The second-order valence-electron chi connectivity index (χ2n) is 6.96. The van der Waals surface area contributed by atoms with Crippen LogP contribution in [0.15, 0.2) is 60.8 Å². The summed E-state index contributed by atoms with van der Waals surface area (Å²) in [6.07, 6.45) is 8.52. The molecule has 2 aliphatic heterocycles. The van der Waals surface area contributed by atoms with E-state index in [1.54, 1.807) is 6.08 Å². The molecule has 1 amide bonds. The average molecular weight is 372 g/mol. The van der Waals surface area contributed by atoms with Crippen molar-refractivity contribution >= 4 is 28.5 Å². The molecule has 0 aliphatic carbocycles. The van der Waals surface area contributed by atoms with Crippen molar-refractivity contribution in [1.82, 2.24) is 9.88 Å². The minimum absolute atomic E-state index is 0.0203. The van der Waals surface area contributed by atoms with Crippen LogP contribution in [0.4, 0.5) is 0 Å². The van der Waals surface area contributed by atoms with E-state index in [2.05, 4.69) is 35.5 Å². The highest BCUT2D eigenvalue weighted by Crippen LogP contribution is 2.33. The number of aromatic amines is 1. The summed E-state index contributed by atoms with van der Waals surface area (Å²) in [5.41, 5.74) is 4.59. The Balaban J connectivity index is 1.27. The average Bonchev–Trinajstić information content (AvgIpc) is 3.38. The normalized spacial score (nSPS) is 16.0. The number of fused-ring (bicyclic) bond motifs is 2. The van der Waals surface area contributed by atoms with E-state index >= 15 is 0 Å². The number of carbonyl (C=O) groups excluding carboxylic acids is 1. The molecule has 2 aromatic carbocycles. The SMILES string of the molecule is O=C(/C=C/c1ccc2c(c1)OCO2)N1CC=C(c2c[nH]c3ccccc23)CC1. The molecule has 3 aromatic rings. The molecule has 0 saturated carbocycles. The molecular formula is C23H20N2O3. The Morgan fingerprint density at radius 2 is 2.00 bits per heavy atom. The number of para-hydroxylation sites is 1. The second kappa shape index (κ2) is 6.93. The van der Waals surface area contributed by atoms with Gasteiger partial charge in [0.1, 0.15) is 0 Å². The maximum Gasteiger partial charge on any atom is 0.246 e. The van der Waals surface area contributed by atoms with Crippen molar-refractivity contribution in [1.29, 1.82) is 0 Å². The fourth-order valence-corrected chi connectivity index (χ4v) is 3.74. The minimum atomic E-state index is 0.0203. The van der Waals surface area contributed by atoms with Gasteiger partial charge < -0.3 is 19.4 Å². The highest BCUT2D eigenvalue weighted by Gasteiger charge is 2.18. The smallest absolute Gasteiger partial charge is 0.246 e. The molecule has 0 spiro atoms. The van der Waals surface area contributed by atoms with Crippen molar-refractivity contribution in [2.45, 2.75) is 6.42 Å². The third kappa shape index (κ3) is 3.05. The second-order valence-corrected chi connectivity index (χ2v) is 6.96. The first-order chi connectivity index (χ1) is 13.8. The Bertz CT molecular complexity index is 1110. The third-order valence-electron chi connectivity index (χ3n) is 5.27. The number of carbonyl (C=O) groups is 1. The number of ether oxygens (including phenoxy) is 2. The summed E-state index contributed by atoms with van der Waals surface area (Å²) in [6, 6.07) is 14.0. The zero-order valence-electron chi connectivity index (χ0n) is 15.4. The van der Waals surface area contributed by atoms with E-state index in [-0.39, 0.29) is 12.7 Å². The highest BCUT2D eigenvalue weighted by atomic mass is 16.7. The van der Waals surface area contributed by atoms with E-state index in [0.29, 0.717) is 6.54 Å². The van der Waals surface area contributed by atoms with Gasteiger partial charge in [-0.25, -0.2) is 0 Å². The number of hydrogen-bond acceptors (Lipinski definition) is 3. The molecule has 5 nitrogen and oxygen atoms in total. The quantitative estimate of drug-likeness (QED) is 0.700. The number of aromatic nitrogens is 1. The van der Waals surface area contributed by atoms with E-state index in [9.17, 15) is 4.79 Å². The summed E-state index contributed by atoms with van der Waals surface area (Å²) >= 11 is 0. The number of amides is 1. The van der Waals surface area contributed by atoms with Gasteiger partial charge in [0.2, 0.25) is 12.7 Å². The Hall–Kier alpha value is -3.47. The van der Waals surface area contributed by atoms with Crippen molar-refractivity contribution < 1.29 is 14.3 Å². The van der Waals surface area contributed by atoms with E-state index in [4.69, 9.17) is 9.47 Å². The molecule has 0 atom stereocenters. The fourth-order valence-electron chi connectivity index (χ4n) is 3.74. The number of benzene rings is 2. The third-order valence-corrected chi connectivity index (χ3v) is 5.27. The van der Waals surface area contributed by atoms with Crippen LogP contribution in [-0.2, 0) is 4.79 Å². The van der Waals surface area contributed by atoms with Crippen molar-refractivity contribution in [3.8, 4) is 11.5 Å². The maximum absolute atomic E-state index is 12.6. The Labute approximate surface area is 162 Å². The molecule has 0 radical (unpaired) electrons. The summed E-state index contributed by atoms with van der Waals surface area (Å²) in [5.74, 6) is 1.49.